The van der Waals surface area contributed by atoms with Crippen molar-refractivity contribution in [2.45, 2.75) is 57.9 Å². The van der Waals surface area contributed by atoms with E-state index in [1.807, 2.05) is 41.9 Å². The molecule has 0 radical (unpaired) electrons. The van der Waals surface area contributed by atoms with E-state index < -0.39 is 5.54 Å². The van der Waals surface area contributed by atoms with Gasteiger partial charge in [-0.15, -0.1) is 0 Å². The largest absolute Gasteiger partial charge is 0.340 e. The fourth-order valence-electron chi connectivity index (χ4n) is 3.91. The molecule has 3 aromatic rings. The van der Waals surface area contributed by atoms with Gasteiger partial charge in [-0.3, -0.25) is 4.79 Å². The van der Waals surface area contributed by atoms with Gasteiger partial charge in [0.25, 0.3) is 5.91 Å². The zero-order valence-electron chi connectivity index (χ0n) is 16.3. The van der Waals surface area contributed by atoms with E-state index in [4.69, 9.17) is 4.52 Å². The van der Waals surface area contributed by atoms with Gasteiger partial charge in [0.05, 0.1) is 5.69 Å². The molecule has 0 unspecified atom stereocenters. The Labute approximate surface area is 164 Å². The molecule has 0 bridgehead atoms. The predicted octanol–water partition coefficient (Wildman–Crippen LogP) is 3.85. The van der Waals surface area contributed by atoms with Gasteiger partial charge in [-0.05, 0) is 50.1 Å². The van der Waals surface area contributed by atoms with Gasteiger partial charge in [-0.2, -0.15) is 10.1 Å². The average Bonchev–Trinajstić information content (AvgIpc) is 3.25. The highest BCUT2D eigenvalue weighted by Gasteiger charge is 2.39. The molecule has 146 valence electrons. The maximum atomic E-state index is 13.1. The SMILES string of the molecule is Cc1nc(C2(NC(=O)c3ccc(-n4nccc4C)cc3)CCCCCC2)no1. The Balaban J connectivity index is 1.58. The molecule has 2 heterocycles. The number of hydrogen-bond donors (Lipinski definition) is 1. The van der Waals surface area contributed by atoms with Crippen LogP contribution in [0.15, 0.2) is 41.1 Å². The van der Waals surface area contributed by atoms with E-state index in [0.29, 0.717) is 17.3 Å². The van der Waals surface area contributed by atoms with E-state index in [1.54, 1.807) is 13.1 Å². The number of nitrogens with zero attached hydrogens (tertiary/aromatic N) is 4. The van der Waals surface area contributed by atoms with Crippen LogP contribution in [0.2, 0.25) is 0 Å². The zero-order valence-corrected chi connectivity index (χ0v) is 16.3. The molecule has 0 aliphatic heterocycles. The Morgan fingerprint density at radius 2 is 1.79 bits per heavy atom. The van der Waals surface area contributed by atoms with Crippen LogP contribution >= 0.6 is 0 Å². The van der Waals surface area contributed by atoms with Gasteiger partial charge in [-0.25, -0.2) is 4.68 Å². The van der Waals surface area contributed by atoms with Crippen LogP contribution in [-0.4, -0.2) is 25.8 Å². The minimum Gasteiger partial charge on any atom is -0.340 e. The molecular weight excluding hydrogens is 354 g/mol. The summed E-state index contributed by atoms with van der Waals surface area (Å²) in [6.07, 6.45) is 7.79. The first-order chi connectivity index (χ1) is 13.6. The lowest BCUT2D eigenvalue weighted by Crippen LogP contribution is -2.46. The molecule has 1 saturated carbocycles. The molecule has 7 nitrogen and oxygen atoms in total. The monoisotopic (exact) mass is 379 g/mol. The van der Waals surface area contributed by atoms with Crippen LogP contribution in [0.4, 0.5) is 0 Å². The van der Waals surface area contributed by atoms with Crippen LogP contribution < -0.4 is 5.32 Å². The topological polar surface area (TPSA) is 85.8 Å². The first kappa shape index (κ1) is 18.4. The van der Waals surface area contributed by atoms with Crippen LogP contribution in [0, 0.1) is 13.8 Å². The van der Waals surface area contributed by atoms with Gasteiger partial charge in [-0.1, -0.05) is 30.8 Å². The Hall–Kier alpha value is -2.96. The molecule has 1 fully saturated rings. The highest BCUT2D eigenvalue weighted by molar-refractivity contribution is 5.94. The van der Waals surface area contributed by atoms with E-state index in [9.17, 15) is 4.79 Å². The lowest BCUT2D eigenvalue weighted by molar-refractivity contribution is 0.0876. The summed E-state index contributed by atoms with van der Waals surface area (Å²) in [6, 6.07) is 9.43. The minimum absolute atomic E-state index is 0.118. The number of carbonyl (C=O) groups is 1. The number of carbonyl (C=O) groups excluding carboxylic acids is 1. The molecule has 0 saturated heterocycles. The third kappa shape index (κ3) is 3.56. The number of aryl methyl sites for hydroxylation is 2. The molecule has 0 atom stereocenters. The van der Waals surface area contributed by atoms with E-state index in [0.717, 1.165) is 49.9 Å². The Kier molecular flexibility index (Phi) is 4.98. The number of amides is 1. The zero-order chi connectivity index (χ0) is 19.6. The van der Waals surface area contributed by atoms with E-state index in [2.05, 4.69) is 20.6 Å². The van der Waals surface area contributed by atoms with Gasteiger partial charge < -0.3 is 9.84 Å². The number of benzene rings is 1. The van der Waals surface area contributed by atoms with Crippen LogP contribution in [0.25, 0.3) is 5.69 Å². The smallest absolute Gasteiger partial charge is 0.252 e. The molecule has 1 aliphatic rings. The van der Waals surface area contributed by atoms with E-state index in [-0.39, 0.29) is 5.91 Å². The molecule has 28 heavy (non-hydrogen) atoms. The van der Waals surface area contributed by atoms with Crippen molar-refractivity contribution < 1.29 is 9.32 Å². The van der Waals surface area contributed by atoms with Crippen molar-refractivity contribution in [1.82, 2.24) is 25.2 Å². The molecule has 1 amide bonds. The Morgan fingerprint density at radius 1 is 1.07 bits per heavy atom. The van der Waals surface area contributed by atoms with Crippen molar-refractivity contribution in [2.75, 3.05) is 0 Å². The Bertz CT molecular complexity index is 949. The van der Waals surface area contributed by atoms with Crippen molar-refractivity contribution >= 4 is 5.91 Å². The van der Waals surface area contributed by atoms with Crippen molar-refractivity contribution in [3.05, 3.63) is 59.5 Å². The van der Waals surface area contributed by atoms with Gasteiger partial charge in [0.2, 0.25) is 5.89 Å². The van der Waals surface area contributed by atoms with Crippen molar-refractivity contribution in [3.8, 4) is 5.69 Å². The second-order valence-electron chi connectivity index (χ2n) is 7.52. The van der Waals surface area contributed by atoms with Gasteiger partial charge in [0.1, 0.15) is 5.54 Å². The maximum absolute atomic E-state index is 13.1. The lowest BCUT2D eigenvalue weighted by atomic mass is 9.88. The quantitative estimate of drug-likeness (QED) is 0.696. The third-order valence-electron chi connectivity index (χ3n) is 5.47. The van der Waals surface area contributed by atoms with Crippen LogP contribution in [0.3, 0.4) is 0 Å². The molecule has 1 aromatic carbocycles. The lowest BCUT2D eigenvalue weighted by Gasteiger charge is -2.30. The van der Waals surface area contributed by atoms with Crippen molar-refractivity contribution in [2.24, 2.45) is 0 Å². The fourth-order valence-corrected chi connectivity index (χ4v) is 3.91. The second-order valence-corrected chi connectivity index (χ2v) is 7.52. The average molecular weight is 379 g/mol. The predicted molar refractivity (Wildman–Crippen MR) is 104 cm³/mol. The van der Waals surface area contributed by atoms with E-state index in [1.165, 1.54) is 0 Å². The first-order valence-corrected chi connectivity index (χ1v) is 9.82. The summed E-state index contributed by atoms with van der Waals surface area (Å²) in [5.74, 6) is 0.990. The van der Waals surface area contributed by atoms with Gasteiger partial charge >= 0.3 is 0 Å². The highest BCUT2D eigenvalue weighted by atomic mass is 16.5. The first-order valence-electron chi connectivity index (χ1n) is 9.82. The van der Waals surface area contributed by atoms with Gasteiger partial charge in [0.15, 0.2) is 5.82 Å². The molecule has 4 rings (SSSR count). The van der Waals surface area contributed by atoms with Crippen LogP contribution in [-0.2, 0) is 5.54 Å². The number of aromatic nitrogens is 4. The van der Waals surface area contributed by atoms with Gasteiger partial charge in [0, 0.05) is 24.4 Å². The van der Waals surface area contributed by atoms with Crippen molar-refractivity contribution in [1.29, 1.82) is 0 Å². The summed E-state index contributed by atoms with van der Waals surface area (Å²) in [7, 11) is 0. The number of hydrogen-bond acceptors (Lipinski definition) is 5. The standard InChI is InChI=1S/C21H25N5O2/c1-15-11-14-22-26(15)18-9-7-17(8-10-18)19(27)24-21(12-5-3-4-6-13-21)20-23-16(2)28-25-20/h7-11,14H,3-6,12-13H2,1-2H3,(H,24,27). The van der Waals surface area contributed by atoms with Crippen LogP contribution in [0.1, 0.15) is 66.3 Å². The summed E-state index contributed by atoms with van der Waals surface area (Å²) in [4.78, 5) is 17.5. The fraction of sp³-hybridized carbons (Fsp3) is 0.429. The number of nitrogens with one attached hydrogen (secondary N) is 1. The summed E-state index contributed by atoms with van der Waals surface area (Å²) < 4.78 is 7.06. The normalized spacial score (nSPS) is 16.5. The second kappa shape index (κ2) is 7.58. The molecule has 2 aromatic heterocycles. The Morgan fingerprint density at radius 3 is 2.36 bits per heavy atom. The molecule has 0 spiro atoms. The molecule has 1 N–H and O–H groups in total. The summed E-state index contributed by atoms with van der Waals surface area (Å²) in [6.45, 7) is 3.77. The third-order valence-corrected chi connectivity index (χ3v) is 5.47. The minimum atomic E-state index is -0.567. The highest BCUT2D eigenvalue weighted by Crippen LogP contribution is 2.35. The molecule has 1 aliphatic carbocycles. The molecule has 7 heteroatoms. The summed E-state index contributed by atoms with van der Waals surface area (Å²) >= 11 is 0. The molecular formula is C21H25N5O2. The summed E-state index contributed by atoms with van der Waals surface area (Å²) in [5, 5.41) is 11.7. The summed E-state index contributed by atoms with van der Waals surface area (Å²) in [5.41, 5.74) is 2.01. The maximum Gasteiger partial charge on any atom is 0.252 e. The van der Waals surface area contributed by atoms with E-state index >= 15 is 0 Å². The number of rotatable bonds is 4. The van der Waals surface area contributed by atoms with Crippen molar-refractivity contribution in [3.63, 3.8) is 0 Å². The van der Waals surface area contributed by atoms with Crippen LogP contribution in [0.5, 0.6) is 0 Å².